The Labute approximate surface area is 146 Å². The van der Waals surface area contributed by atoms with Gasteiger partial charge in [-0.15, -0.1) is 0 Å². The minimum absolute atomic E-state index is 0.0166. The molecular formula is C19H21NO5. The van der Waals surface area contributed by atoms with Crippen molar-refractivity contribution in [3.63, 3.8) is 0 Å². The third-order valence-corrected chi connectivity index (χ3v) is 6.49. The van der Waals surface area contributed by atoms with Gasteiger partial charge in [-0.05, 0) is 24.5 Å². The Morgan fingerprint density at radius 2 is 2.20 bits per heavy atom. The molecule has 5 rings (SSSR count). The molecule has 4 aliphatic rings. The molecule has 1 spiro atoms. The van der Waals surface area contributed by atoms with E-state index in [4.69, 9.17) is 14.2 Å². The third-order valence-electron chi connectivity index (χ3n) is 6.49. The molecule has 1 aromatic carbocycles. The van der Waals surface area contributed by atoms with Crippen molar-refractivity contribution in [2.75, 3.05) is 20.8 Å². The molecule has 6 heteroatoms. The second kappa shape index (κ2) is 4.91. The largest absolute Gasteiger partial charge is 0.493 e. The molecule has 0 aromatic heterocycles. The summed E-state index contributed by atoms with van der Waals surface area (Å²) in [4.78, 5) is 14.1. The average Bonchev–Trinajstić information content (AvgIpc) is 2.97. The van der Waals surface area contributed by atoms with Crippen molar-refractivity contribution in [3.8, 4) is 11.5 Å². The molecule has 0 radical (unpaired) electrons. The number of nitrogens with zero attached hydrogens (tertiary/aromatic N) is 1. The van der Waals surface area contributed by atoms with Crippen LogP contribution < -0.4 is 9.47 Å². The first-order valence-corrected chi connectivity index (χ1v) is 8.69. The summed E-state index contributed by atoms with van der Waals surface area (Å²) < 4.78 is 16.8. The molecule has 132 valence electrons. The minimum Gasteiger partial charge on any atom is -0.493 e. The summed E-state index contributed by atoms with van der Waals surface area (Å²) in [6, 6.07) is 4.00. The molecule has 5 atom stereocenters. The van der Waals surface area contributed by atoms with Gasteiger partial charge in [-0.2, -0.15) is 0 Å². The number of amides is 1. The molecule has 2 heterocycles. The van der Waals surface area contributed by atoms with Crippen LogP contribution in [0.2, 0.25) is 0 Å². The molecule has 2 aliphatic heterocycles. The zero-order valence-corrected chi connectivity index (χ0v) is 14.3. The maximum absolute atomic E-state index is 12.3. The number of aliphatic hydroxyl groups is 1. The molecule has 25 heavy (non-hydrogen) atoms. The maximum atomic E-state index is 12.3. The lowest BCUT2D eigenvalue weighted by Crippen LogP contribution is -2.66. The van der Waals surface area contributed by atoms with Crippen LogP contribution in [0.25, 0.3) is 0 Å². The van der Waals surface area contributed by atoms with Crippen LogP contribution in [0.1, 0.15) is 17.5 Å². The Kier molecular flexibility index (Phi) is 2.96. The van der Waals surface area contributed by atoms with Crippen molar-refractivity contribution in [1.82, 2.24) is 4.90 Å². The fraction of sp³-hybridized carbons (Fsp3) is 0.526. The Morgan fingerprint density at radius 1 is 1.36 bits per heavy atom. The standard InChI is InChI=1S/C19H21NO5/c1-23-14-6-3-10-9-12-11-4-5-13(21)17-19(11,15(10)16(14)25-17)7-8-20(12)18(22)24-2/h3-6,11-13,17,21H,7-9H2,1-2H3/t11-,12+,13+,17-,19-/m0/s1. The molecule has 2 bridgehead atoms. The van der Waals surface area contributed by atoms with Crippen molar-refractivity contribution >= 4 is 6.09 Å². The molecule has 0 unspecified atom stereocenters. The van der Waals surface area contributed by atoms with Gasteiger partial charge in [0.15, 0.2) is 11.5 Å². The van der Waals surface area contributed by atoms with E-state index in [9.17, 15) is 9.90 Å². The van der Waals surface area contributed by atoms with E-state index in [1.807, 2.05) is 17.0 Å². The summed E-state index contributed by atoms with van der Waals surface area (Å²) >= 11 is 0. The first-order valence-electron chi connectivity index (χ1n) is 8.69. The number of aliphatic hydroxyl groups excluding tert-OH is 1. The van der Waals surface area contributed by atoms with Crippen LogP contribution in [-0.4, -0.2) is 55.1 Å². The van der Waals surface area contributed by atoms with E-state index in [-0.39, 0.29) is 29.6 Å². The highest BCUT2D eigenvalue weighted by Crippen LogP contribution is 2.62. The number of likely N-dealkylation sites (tertiary alicyclic amines) is 1. The highest BCUT2D eigenvalue weighted by atomic mass is 16.5. The van der Waals surface area contributed by atoms with Crippen LogP contribution in [0.3, 0.4) is 0 Å². The van der Waals surface area contributed by atoms with Gasteiger partial charge < -0.3 is 24.2 Å². The number of methoxy groups -OCH3 is 2. The summed E-state index contributed by atoms with van der Waals surface area (Å²) in [6.07, 6.45) is 4.09. The lowest BCUT2D eigenvalue weighted by atomic mass is 9.53. The smallest absolute Gasteiger partial charge is 0.409 e. The zero-order chi connectivity index (χ0) is 17.3. The molecule has 1 aromatic rings. The van der Waals surface area contributed by atoms with Gasteiger partial charge in [0.05, 0.1) is 14.2 Å². The fourth-order valence-electron chi connectivity index (χ4n) is 5.55. The van der Waals surface area contributed by atoms with Crippen molar-refractivity contribution in [2.24, 2.45) is 5.92 Å². The second-order valence-electron chi connectivity index (χ2n) is 7.30. The molecule has 1 amide bonds. The van der Waals surface area contributed by atoms with Crippen LogP contribution in [-0.2, 0) is 16.6 Å². The van der Waals surface area contributed by atoms with Crippen LogP contribution in [0.4, 0.5) is 4.79 Å². The Balaban J connectivity index is 1.74. The molecule has 6 nitrogen and oxygen atoms in total. The van der Waals surface area contributed by atoms with Crippen molar-refractivity contribution in [2.45, 2.75) is 36.5 Å². The highest BCUT2D eigenvalue weighted by Gasteiger charge is 2.65. The van der Waals surface area contributed by atoms with Crippen molar-refractivity contribution in [3.05, 3.63) is 35.4 Å². The summed E-state index contributed by atoms with van der Waals surface area (Å²) in [5, 5.41) is 10.6. The van der Waals surface area contributed by atoms with E-state index in [0.717, 1.165) is 18.6 Å². The quantitative estimate of drug-likeness (QED) is 0.785. The number of rotatable bonds is 1. The highest BCUT2D eigenvalue weighted by molar-refractivity contribution is 5.70. The van der Waals surface area contributed by atoms with E-state index in [1.54, 1.807) is 7.11 Å². The summed E-state index contributed by atoms with van der Waals surface area (Å²) in [7, 11) is 3.06. The van der Waals surface area contributed by atoms with Gasteiger partial charge in [0.2, 0.25) is 0 Å². The molecular weight excluding hydrogens is 322 g/mol. The first-order chi connectivity index (χ1) is 12.1. The van der Waals surface area contributed by atoms with Gasteiger partial charge in [-0.1, -0.05) is 18.2 Å². The van der Waals surface area contributed by atoms with Gasteiger partial charge in [0.1, 0.15) is 12.2 Å². The minimum atomic E-state index is -0.662. The van der Waals surface area contributed by atoms with Crippen LogP contribution in [0.15, 0.2) is 24.3 Å². The average molecular weight is 343 g/mol. The number of ether oxygens (including phenoxy) is 3. The summed E-state index contributed by atoms with van der Waals surface area (Å²) in [5.74, 6) is 1.58. The Morgan fingerprint density at radius 3 is 2.96 bits per heavy atom. The zero-order valence-electron chi connectivity index (χ0n) is 14.3. The van der Waals surface area contributed by atoms with E-state index in [2.05, 4.69) is 12.1 Å². The number of carbonyl (C=O) groups excluding carboxylic acids is 1. The SMILES string of the molecule is COC(=O)N1CC[C@]23c4c5ccc(OC)c4O[C@H]2[C@H](O)C=C[C@H]3[C@H]1C5. The second-order valence-corrected chi connectivity index (χ2v) is 7.30. The predicted octanol–water partition coefficient (Wildman–Crippen LogP) is 1.64. The van der Waals surface area contributed by atoms with Crippen molar-refractivity contribution in [1.29, 1.82) is 0 Å². The predicted molar refractivity (Wildman–Crippen MR) is 88.9 cm³/mol. The number of hydrogen-bond donors (Lipinski definition) is 1. The number of hydrogen-bond acceptors (Lipinski definition) is 5. The van der Waals surface area contributed by atoms with E-state index >= 15 is 0 Å². The molecule has 2 aliphatic carbocycles. The molecule has 1 N–H and O–H groups in total. The van der Waals surface area contributed by atoms with Crippen molar-refractivity contribution < 1.29 is 24.1 Å². The Bertz CT molecular complexity index is 790. The van der Waals surface area contributed by atoms with Crippen LogP contribution in [0, 0.1) is 5.92 Å². The third kappa shape index (κ3) is 1.66. The van der Waals surface area contributed by atoms with E-state index in [1.165, 1.54) is 18.2 Å². The summed E-state index contributed by atoms with van der Waals surface area (Å²) in [6.45, 7) is 0.602. The monoisotopic (exact) mass is 343 g/mol. The van der Waals surface area contributed by atoms with Gasteiger partial charge in [0.25, 0.3) is 0 Å². The first kappa shape index (κ1) is 15.1. The molecule has 1 fully saturated rings. The van der Waals surface area contributed by atoms with Gasteiger partial charge in [-0.3, -0.25) is 0 Å². The molecule has 1 saturated heterocycles. The lowest BCUT2D eigenvalue weighted by Gasteiger charge is -2.56. The Hall–Kier alpha value is -2.21. The van der Waals surface area contributed by atoms with E-state index < -0.39 is 6.10 Å². The lowest BCUT2D eigenvalue weighted by molar-refractivity contribution is -0.0472. The van der Waals surface area contributed by atoms with E-state index in [0.29, 0.717) is 12.3 Å². The van der Waals surface area contributed by atoms with Crippen LogP contribution in [0.5, 0.6) is 11.5 Å². The van der Waals surface area contributed by atoms with Gasteiger partial charge in [-0.25, -0.2) is 4.79 Å². The molecule has 0 saturated carbocycles. The number of piperidine rings is 1. The fourth-order valence-corrected chi connectivity index (χ4v) is 5.55. The summed E-state index contributed by atoms with van der Waals surface area (Å²) in [5.41, 5.74) is 2.04. The number of carbonyl (C=O) groups is 1. The topological polar surface area (TPSA) is 68.2 Å². The van der Waals surface area contributed by atoms with Gasteiger partial charge >= 0.3 is 6.09 Å². The maximum Gasteiger partial charge on any atom is 0.409 e. The van der Waals surface area contributed by atoms with Crippen LogP contribution >= 0.6 is 0 Å². The van der Waals surface area contributed by atoms with Gasteiger partial charge in [0, 0.05) is 29.5 Å². The normalized spacial score (nSPS) is 36.5. The number of benzene rings is 1.